The average Bonchev–Trinajstić information content (AvgIpc) is 2.44. The third-order valence-electron chi connectivity index (χ3n) is 1.76. The van der Waals surface area contributed by atoms with Crippen molar-refractivity contribution in [3.05, 3.63) is 35.4 Å². The van der Waals surface area contributed by atoms with E-state index in [1.54, 1.807) is 24.3 Å². The van der Waals surface area contributed by atoms with Gasteiger partial charge in [0.1, 0.15) is 0 Å². The SMILES string of the molecule is O=PC1OC(=O)c2ccccc21. The van der Waals surface area contributed by atoms with Gasteiger partial charge < -0.3 is 4.74 Å². The van der Waals surface area contributed by atoms with Crippen LogP contribution < -0.4 is 0 Å². The van der Waals surface area contributed by atoms with Crippen molar-refractivity contribution in [1.29, 1.82) is 0 Å². The van der Waals surface area contributed by atoms with E-state index < -0.39 is 5.85 Å². The van der Waals surface area contributed by atoms with Crippen molar-refractivity contribution in [3.63, 3.8) is 0 Å². The summed E-state index contributed by atoms with van der Waals surface area (Å²) in [5.41, 5.74) is 1.23. The number of fused-ring (bicyclic) bond motifs is 1. The summed E-state index contributed by atoms with van der Waals surface area (Å²) in [6.07, 6.45) is 0. The molecular formula is C8H5O3P. The van der Waals surface area contributed by atoms with E-state index in [0.29, 0.717) is 11.1 Å². The van der Waals surface area contributed by atoms with Gasteiger partial charge in [-0.05, 0) is 6.07 Å². The molecule has 1 aliphatic rings. The molecule has 3 nitrogen and oxygen atoms in total. The van der Waals surface area contributed by atoms with Crippen molar-refractivity contribution in [1.82, 2.24) is 0 Å². The maximum Gasteiger partial charge on any atom is 0.339 e. The lowest BCUT2D eigenvalue weighted by atomic mass is 10.1. The highest BCUT2D eigenvalue weighted by Gasteiger charge is 2.30. The number of esters is 1. The molecular weight excluding hydrogens is 175 g/mol. The number of hydrogen-bond donors (Lipinski definition) is 0. The first-order valence-corrected chi connectivity index (χ1v) is 4.33. The van der Waals surface area contributed by atoms with E-state index in [-0.39, 0.29) is 14.4 Å². The van der Waals surface area contributed by atoms with Crippen molar-refractivity contribution < 1.29 is 14.1 Å². The Kier molecular flexibility index (Phi) is 1.66. The van der Waals surface area contributed by atoms with Gasteiger partial charge in [0.05, 0.1) is 5.56 Å². The molecule has 60 valence electrons. The van der Waals surface area contributed by atoms with Crippen LogP contribution in [0.3, 0.4) is 0 Å². The van der Waals surface area contributed by atoms with Crippen LogP contribution in [0.4, 0.5) is 0 Å². The number of ether oxygens (including phenoxy) is 1. The molecule has 0 aromatic heterocycles. The molecule has 1 aliphatic heterocycles. The van der Waals surface area contributed by atoms with Crippen molar-refractivity contribution in [2.45, 2.75) is 5.85 Å². The van der Waals surface area contributed by atoms with E-state index in [1.165, 1.54) is 0 Å². The van der Waals surface area contributed by atoms with E-state index in [0.717, 1.165) is 0 Å². The zero-order chi connectivity index (χ0) is 8.55. The fourth-order valence-electron chi connectivity index (χ4n) is 1.20. The summed E-state index contributed by atoms with van der Waals surface area (Å²) in [7, 11) is -0.171. The zero-order valence-electron chi connectivity index (χ0n) is 6.06. The molecule has 4 heteroatoms. The van der Waals surface area contributed by atoms with E-state index in [1.807, 2.05) is 0 Å². The zero-order valence-corrected chi connectivity index (χ0v) is 6.95. The van der Waals surface area contributed by atoms with Gasteiger partial charge in [0.2, 0.25) is 14.3 Å². The van der Waals surface area contributed by atoms with Gasteiger partial charge in [-0.1, -0.05) is 18.2 Å². The molecule has 2 rings (SSSR count). The Morgan fingerprint density at radius 3 is 2.83 bits per heavy atom. The van der Waals surface area contributed by atoms with E-state index in [2.05, 4.69) is 0 Å². The number of rotatable bonds is 1. The minimum atomic E-state index is -0.603. The summed E-state index contributed by atoms with van der Waals surface area (Å²) in [6.45, 7) is 0. The second-order valence-corrected chi connectivity index (χ2v) is 3.13. The summed E-state index contributed by atoms with van der Waals surface area (Å²) in [4.78, 5) is 11.1. The first-order chi connectivity index (χ1) is 5.83. The van der Waals surface area contributed by atoms with Crippen LogP contribution in [0.2, 0.25) is 0 Å². The van der Waals surface area contributed by atoms with Crippen molar-refractivity contribution in [2.24, 2.45) is 0 Å². The maximum absolute atomic E-state index is 11.1. The molecule has 0 aliphatic carbocycles. The monoisotopic (exact) mass is 180 g/mol. The van der Waals surface area contributed by atoms with Crippen LogP contribution in [0.5, 0.6) is 0 Å². The molecule has 0 fully saturated rings. The average molecular weight is 180 g/mol. The fourth-order valence-corrected chi connectivity index (χ4v) is 1.68. The number of cyclic esters (lactones) is 1. The second-order valence-electron chi connectivity index (χ2n) is 2.45. The molecule has 0 N–H and O–H groups in total. The van der Waals surface area contributed by atoms with Gasteiger partial charge in [0.15, 0.2) is 0 Å². The Balaban J connectivity index is 2.57. The molecule has 0 radical (unpaired) electrons. The summed E-state index contributed by atoms with van der Waals surface area (Å²) in [6, 6.07) is 6.96. The highest BCUT2D eigenvalue weighted by molar-refractivity contribution is 7.24. The Labute approximate surface area is 70.6 Å². The van der Waals surface area contributed by atoms with Gasteiger partial charge in [0.25, 0.3) is 0 Å². The minimum absolute atomic E-state index is 0.171. The van der Waals surface area contributed by atoms with Gasteiger partial charge in [0, 0.05) is 5.56 Å². The topological polar surface area (TPSA) is 43.4 Å². The van der Waals surface area contributed by atoms with Crippen LogP contribution in [-0.2, 0) is 9.30 Å². The van der Waals surface area contributed by atoms with E-state index in [9.17, 15) is 9.36 Å². The molecule has 0 amide bonds. The fraction of sp³-hybridized carbons (Fsp3) is 0.125. The molecule has 1 aromatic rings. The molecule has 1 aromatic carbocycles. The lowest BCUT2D eigenvalue weighted by molar-refractivity contribution is 0.0515. The van der Waals surface area contributed by atoms with E-state index in [4.69, 9.17) is 4.74 Å². The van der Waals surface area contributed by atoms with Gasteiger partial charge in [-0.15, -0.1) is 0 Å². The smallest absolute Gasteiger partial charge is 0.339 e. The molecule has 12 heavy (non-hydrogen) atoms. The molecule has 1 heterocycles. The van der Waals surface area contributed by atoms with Crippen LogP contribution in [0.15, 0.2) is 24.3 Å². The van der Waals surface area contributed by atoms with Crippen LogP contribution in [0.1, 0.15) is 21.8 Å². The molecule has 1 unspecified atom stereocenters. The quantitative estimate of drug-likeness (QED) is 0.491. The van der Waals surface area contributed by atoms with Gasteiger partial charge in [-0.2, -0.15) is 0 Å². The minimum Gasteiger partial charge on any atom is -0.441 e. The third-order valence-corrected chi connectivity index (χ3v) is 2.34. The molecule has 0 spiro atoms. The lowest BCUT2D eigenvalue weighted by Crippen LogP contribution is -1.92. The largest absolute Gasteiger partial charge is 0.441 e. The van der Waals surface area contributed by atoms with Crippen molar-refractivity contribution >= 4 is 14.4 Å². The highest BCUT2D eigenvalue weighted by Crippen LogP contribution is 2.37. The van der Waals surface area contributed by atoms with E-state index >= 15 is 0 Å². The van der Waals surface area contributed by atoms with Gasteiger partial charge in [-0.3, -0.25) is 4.57 Å². The Morgan fingerprint density at radius 2 is 2.08 bits per heavy atom. The summed E-state index contributed by atoms with van der Waals surface area (Å²) in [5.74, 6) is -0.993. The second kappa shape index (κ2) is 2.68. The molecule has 0 saturated heterocycles. The van der Waals surface area contributed by atoms with Crippen LogP contribution in [0.25, 0.3) is 0 Å². The van der Waals surface area contributed by atoms with Crippen LogP contribution in [-0.4, -0.2) is 5.97 Å². The summed E-state index contributed by atoms with van der Waals surface area (Å²) < 4.78 is 15.4. The highest BCUT2D eigenvalue weighted by atomic mass is 31.1. The van der Waals surface area contributed by atoms with Crippen LogP contribution >= 0.6 is 8.46 Å². The van der Waals surface area contributed by atoms with Gasteiger partial charge >= 0.3 is 5.97 Å². The predicted molar refractivity (Wildman–Crippen MR) is 42.2 cm³/mol. The van der Waals surface area contributed by atoms with Crippen molar-refractivity contribution in [2.75, 3.05) is 0 Å². The Morgan fingerprint density at radius 1 is 1.33 bits per heavy atom. The van der Waals surface area contributed by atoms with Crippen molar-refractivity contribution in [3.8, 4) is 0 Å². The number of hydrogen-bond acceptors (Lipinski definition) is 3. The first kappa shape index (κ1) is 7.44. The molecule has 1 atom stereocenters. The maximum atomic E-state index is 11.1. The standard InChI is InChI=1S/C8H5O3P/c9-7-5-3-1-2-4-6(5)8(11-7)12-10/h1-4,8H. The Hall–Kier alpha value is -1.21. The number of carbonyl (C=O) groups excluding carboxylic acids is 1. The predicted octanol–water partition coefficient (Wildman–Crippen LogP) is 2.15. The normalized spacial score (nSPS) is 20.7. The number of carbonyl (C=O) groups is 1. The molecule has 0 saturated carbocycles. The lowest BCUT2D eigenvalue weighted by Gasteiger charge is -1.97. The Bertz CT molecular complexity index is 348. The summed E-state index contributed by atoms with van der Waals surface area (Å²) >= 11 is 0. The molecule has 0 bridgehead atoms. The number of benzene rings is 1. The summed E-state index contributed by atoms with van der Waals surface area (Å²) in [5, 5.41) is 0. The van der Waals surface area contributed by atoms with Gasteiger partial charge in [-0.25, -0.2) is 4.79 Å². The third kappa shape index (κ3) is 0.942. The van der Waals surface area contributed by atoms with Crippen LogP contribution in [0, 0.1) is 0 Å². The first-order valence-electron chi connectivity index (χ1n) is 3.45.